The topological polar surface area (TPSA) is 52.2 Å². The van der Waals surface area contributed by atoms with Gasteiger partial charge in [-0.2, -0.15) is 0 Å². The van der Waals surface area contributed by atoms with Gasteiger partial charge in [0.25, 0.3) is 5.56 Å². The molecule has 0 saturated heterocycles. The molecule has 0 aliphatic heterocycles. The molecule has 0 saturated carbocycles. The van der Waals surface area contributed by atoms with Crippen LogP contribution in [0.2, 0.25) is 0 Å². The van der Waals surface area contributed by atoms with Crippen LogP contribution in [0.4, 0.5) is 4.39 Å². The lowest BCUT2D eigenvalue weighted by molar-refractivity contribution is 0.0601. The predicted octanol–water partition coefficient (Wildman–Crippen LogP) is 2.94. The number of aromatic nitrogens is 2. The number of rotatable bonds is 1. The fourth-order valence-corrected chi connectivity index (χ4v) is 3.25. The van der Waals surface area contributed by atoms with Crippen molar-refractivity contribution in [2.24, 2.45) is 0 Å². The minimum atomic E-state index is -0.609. The van der Waals surface area contributed by atoms with E-state index < -0.39 is 11.8 Å². The molecule has 5 nitrogen and oxygen atoms in total. The number of aryl methyl sites for hydroxylation is 1. The summed E-state index contributed by atoms with van der Waals surface area (Å²) < 4.78 is 21.8. The van der Waals surface area contributed by atoms with Crippen LogP contribution in [0, 0.1) is 12.7 Å². The number of carbonyl (C=O) groups excluding carboxylic acids is 1. The third-order valence-corrected chi connectivity index (χ3v) is 4.28. The summed E-state index contributed by atoms with van der Waals surface area (Å²) >= 11 is 0. The average Bonchev–Trinajstić information content (AvgIpc) is 2.88. The van der Waals surface area contributed by atoms with Crippen LogP contribution in [0.3, 0.4) is 0 Å². The third-order valence-electron chi connectivity index (χ3n) is 4.28. The molecular formula is C18H13FN2O3. The van der Waals surface area contributed by atoms with E-state index >= 15 is 0 Å². The molecule has 0 aliphatic carbocycles. The predicted molar refractivity (Wildman–Crippen MR) is 88.2 cm³/mol. The van der Waals surface area contributed by atoms with Crippen LogP contribution >= 0.6 is 0 Å². The van der Waals surface area contributed by atoms with Crippen LogP contribution in [-0.2, 0) is 4.74 Å². The number of ether oxygens (including phenoxy) is 1. The smallest absolute Gasteiger partial charge is 0.340 e. The summed E-state index contributed by atoms with van der Waals surface area (Å²) in [7, 11) is 1.26. The summed E-state index contributed by atoms with van der Waals surface area (Å²) in [5.74, 6) is -1.07. The summed E-state index contributed by atoms with van der Waals surface area (Å²) in [5.41, 5.74) is 1.60. The van der Waals surface area contributed by atoms with Gasteiger partial charge in [0.15, 0.2) is 0 Å². The summed E-state index contributed by atoms with van der Waals surface area (Å²) in [6.45, 7) is 1.65. The molecule has 4 rings (SSSR count). The van der Waals surface area contributed by atoms with Gasteiger partial charge in [-0.1, -0.05) is 12.1 Å². The summed E-state index contributed by atoms with van der Waals surface area (Å²) in [6.07, 6.45) is 0. The Hall–Kier alpha value is -3.15. The largest absolute Gasteiger partial charge is 0.465 e. The lowest BCUT2D eigenvalue weighted by atomic mass is 10.1. The molecule has 0 N–H and O–H groups in total. The Kier molecular flexibility index (Phi) is 2.96. The Morgan fingerprint density at radius 3 is 2.50 bits per heavy atom. The zero-order valence-corrected chi connectivity index (χ0v) is 13.0. The fraction of sp³-hybridized carbons (Fsp3) is 0.111. The van der Waals surface area contributed by atoms with Gasteiger partial charge in [0.2, 0.25) is 0 Å². The first-order valence-corrected chi connectivity index (χ1v) is 7.37. The first kappa shape index (κ1) is 14.4. The minimum Gasteiger partial charge on any atom is -0.465 e. The standard InChI is InChI=1S/C18H13FN2O3/c1-10-16(18(23)24-2)13-9-11(19)7-8-15(13)21-14-6-4-3-5-12(14)17(22)20(10)21/h3-9H,1-2H3. The van der Waals surface area contributed by atoms with Crippen molar-refractivity contribution in [1.82, 2.24) is 9.03 Å². The van der Waals surface area contributed by atoms with Crippen molar-refractivity contribution in [1.29, 1.82) is 0 Å². The van der Waals surface area contributed by atoms with Gasteiger partial charge in [-0.25, -0.2) is 18.2 Å². The van der Waals surface area contributed by atoms with Gasteiger partial charge in [-0.3, -0.25) is 4.79 Å². The number of esters is 1. The third kappa shape index (κ3) is 1.73. The van der Waals surface area contributed by atoms with E-state index in [4.69, 9.17) is 4.74 Å². The van der Waals surface area contributed by atoms with Crippen molar-refractivity contribution in [2.75, 3.05) is 7.11 Å². The second-order valence-electron chi connectivity index (χ2n) is 5.56. The molecule has 0 fully saturated rings. The fourth-order valence-electron chi connectivity index (χ4n) is 3.25. The highest BCUT2D eigenvalue weighted by molar-refractivity contribution is 6.05. The van der Waals surface area contributed by atoms with E-state index in [0.29, 0.717) is 27.5 Å². The molecule has 4 aromatic rings. The van der Waals surface area contributed by atoms with Crippen LogP contribution in [0.5, 0.6) is 0 Å². The van der Waals surface area contributed by atoms with E-state index in [1.54, 1.807) is 29.6 Å². The van der Waals surface area contributed by atoms with E-state index in [9.17, 15) is 14.0 Å². The summed E-state index contributed by atoms with van der Waals surface area (Å²) in [5, 5.41) is 0.929. The zero-order chi connectivity index (χ0) is 17.0. The van der Waals surface area contributed by atoms with E-state index in [2.05, 4.69) is 0 Å². The number of methoxy groups -OCH3 is 1. The molecule has 6 heteroatoms. The number of carbonyl (C=O) groups is 1. The maximum atomic E-state index is 13.8. The van der Waals surface area contributed by atoms with Gasteiger partial charge < -0.3 is 4.74 Å². The Balaban J connectivity index is 2.41. The van der Waals surface area contributed by atoms with E-state index in [1.165, 1.54) is 23.8 Å². The molecule has 0 amide bonds. The van der Waals surface area contributed by atoms with Crippen molar-refractivity contribution < 1.29 is 13.9 Å². The van der Waals surface area contributed by atoms with E-state index in [0.717, 1.165) is 0 Å². The van der Waals surface area contributed by atoms with Gasteiger partial charge in [-0.15, -0.1) is 0 Å². The molecule has 0 spiro atoms. The molecule has 2 aromatic carbocycles. The van der Waals surface area contributed by atoms with Crippen LogP contribution in [0.15, 0.2) is 47.3 Å². The number of nitrogens with zero attached hydrogens (tertiary/aromatic N) is 2. The normalized spacial score (nSPS) is 11.5. The first-order chi connectivity index (χ1) is 11.5. The van der Waals surface area contributed by atoms with Crippen LogP contribution < -0.4 is 5.56 Å². The van der Waals surface area contributed by atoms with E-state index in [1.807, 2.05) is 12.1 Å². The van der Waals surface area contributed by atoms with Gasteiger partial charge in [0.05, 0.1) is 34.8 Å². The second-order valence-corrected chi connectivity index (χ2v) is 5.56. The molecule has 0 unspecified atom stereocenters. The molecule has 0 atom stereocenters. The van der Waals surface area contributed by atoms with Crippen molar-refractivity contribution in [3.05, 3.63) is 69.9 Å². The molecule has 2 heterocycles. The number of benzene rings is 2. The molecule has 120 valence electrons. The lowest BCUT2D eigenvalue weighted by Crippen LogP contribution is -2.19. The maximum Gasteiger partial charge on any atom is 0.340 e. The Bertz CT molecular complexity index is 1200. The number of hydrogen-bond acceptors (Lipinski definition) is 3. The van der Waals surface area contributed by atoms with Crippen LogP contribution in [0.25, 0.3) is 21.8 Å². The van der Waals surface area contributed by atoms with Crippen molar-refractivity contribution in [3.8, 4) is 0 Å². The number of hydrogen-bond donors (Lipinski definition) is 0. The second kappa shape index (κ2) is 4.92. The lowest BCUT2D eigenvalue weighted by Gasteiger charge is -2.13. The van der Waals surface area contributed by atoms with Crippen LogP contribution in [0.1, 0.15) is 16.1 Å². The Morgan fingerprint density at radius 1 is 1.04 bits per heavy atom. The van der Waals surface area contributed by atoms with Crippen molar-refractivity contribution >= 4 is 27.8 Å². The number of fused-ring (bicyclic) bond motifs is 5. The van der Waals surface area contributed by atoms with Crippen LogP contribution in [-0.4, -0.2) is 22.1 Å². The monoisotopic (exact) mass is 324 g/mol. The molecule has 2 aromatic heterocycles. The van der Waals surface area contributed by atoms with E-state index in [-0.39, 0.29) is 11.1 Å². The first-order valence-electron chi connectivity index (χ1n) is 7.37. The zero-order valence-electron chi connectivity index (χ0n) is 13.0. The molecule has 0 radical (unpaired) electrons. The minimum absolute atomic E-state index is 0.185. The van der Waals surface area contributed by atoms with Gasteiger partial charge in [0, 0.05) is 5.39 Å². The molecular weight excluding hydrogens is 311 g/mol. The molecule has 0 bridgehead atoms. The van der Waals surface area contributed by atoms with Gasteiger partial charge >= 0.3 is 5.97 Å². The highest BCUT2D eigenvalue weighted by atomic mass is 19.1. The van der Waals surface area contributed by atoms with Crippen molar-refractivity contribution in [2.45, 2.75) is 6.92 Å². The average molecular weight is 324 g/mol. The maximum absolute atomic E-state index is 13.8. The summed E-state index contributed by atoms with van der Waals surface area (Å²) in [4.78, 5) is 25.1. The highest BCUT2D eigenvalue weighted by Gasteiger charge is 2.22. The Labute approximate surface area is 135 Å². The van der Waals surface area contributed by atoms with Gasteiger partial charge in [-0.05, 0) is 37.3 Å². The molecule has 0 aliphatic rings. The van der Waals surface area contributed by atoms with Crippen molar-refractivity contribution in [3.63, 3.8) is 0 Å². The quantitative estimate of drug-likeness (QED) is 0.506. The SMILES string of the molecule is COC(=O)c1c(C)n2c(=O)c3ccccc3n2c2ccc(F)cc12. The number of para-hydroxylation sites is 1. The molecule has 24 heavy (non-hydrogen) atoms. The van der Waals surface area contributed by atoms with Gasteiger partial charge in [0.1, 0.15) is 5.82 Å². The number of halogens is 1. The Morgan fingerprint density at radius 2 is 1.75 bits per heavy atom. The highest BCUT2D eigenvalue weighted by Crippen LogP contribution is 2.26. The summed E-state index contributed by atoms with van der Waals surface area (Å²) in [6, 6.07) is 11.3.